The van der Waals surface area contributed by atoms with Crippen LogP contribution in [0.4, 0.5) is 18.9 Å². The molecule has 1 aliphatic heterocycles. The Balaban J connectivity index is 1.43. The maximum absolute atomic E-state index is 13.8. The summed E-state index contributed by atoms with van der Waals surface area (Å²) in [5, 5.41) is 6.40. The van der Waals surface area contributed by atoms with Crippen molar-refractivity contribution in [3.8, 4) is 11.4 Å². The van der Waals surface area contributed by atoms with Crippen LogP contribution >= 0.6 is 0 Å². The first-order valence-electron chi connectivity index (χ1n) is 10.00. The van der Waals surface area contributed by atoms with Crippen LogP contribution in [0.25, 0.3) is 11.4 Å². The number of hydrogen-bond acceptors (Lipinski definition) is 5. The zero-order valence-corrected chi connectivity index (χ0v) is 16.8. The van der Waals surface area contributed by atoms with Crippen LogP contribution < -0.4 is 5.32 Å². The molecule has 0 spiro atoms. The fourth-order valence-corrected chi connectivity index (χ4v) is 3.70. The van der Waals surface area contributed by atoms with E-state index in [1.807, 2.05) is 4.90 Å². The van der Waals surface area contributed by atoms with Crippen molar-refractivity contribution < 1.29 is 22.5 Å². The van der Waals surface area contributed by atoms with Gasteiger partial charge in [0.15, 0.2) is 0 Å². The second-order valence-corrected chi connectivity index (χ2v) is 7.59. The lowest BCUT2D eigenvalue weighted by Crippen LogP contribution is -2.46. The highest BCUT2D eigenvalue weighted by Crippen LogP contribution is 2.29. The lowest BCUT2D eigenvalue weighted by molar-refractivity contribution is -0.121. The average Bonchev–Trinajstić information content (AvgIpc) is 3.26. The SMILES string of the molecule is CC(C(=O)Nc1cc(F)ccc1F)N1CCCC(c2nc(-c3cccc(F)c3)no2)C1. The van der Waals surface area contributed by atoms with E-state index in [0.29, 0.717) is 30.4 Å². The second-order valence-electron chi connectivity index (χ2n) is 7.59. The van der Waals surface area contributed by atoms with Gasteiger partial charge in [0, 0.05) is 18.2 Å². The molecule has 162 valence electrons. The van der Waals surface area contributed by atoms with E-state index in [0.717, 1.165) is 31.0 Å². The van der Waals surface area contributed by atoms with E-state index in [1.54, 1.807) is 19.1 Å². The Bertz CT molecular complexity index is 1090. The van der Waals surface area contributed by atoms with Crippen molar-refractivity contribution >= 4 is 11.6 Å². The normalized spacial score (nSPS) is 18.0. The Morgan fingerprint density at radius 1 is 1.19 bits per heavy atom. The van der Waals surface area contributed by atoms with E-state index in [4.69, 9.17) is 4.52 Å². The topological polar surface area (TPSA) is 71.3 Å². The molecule has 2 aromatic carbocycles. The smallest absolute Gasteiger partial charge is 0.241 e. The van der Waals surface area contributed by atoms with Crippen LogP contribution in [-0.2, 0) is 4.79 Å². The van der Waals surface area contributed by atoms with Crippen LogP contribution in [0.2, 0.25) is 0 Å². The van der Waals surface area contributed by atoms with Crippen LogP contribution in [0.5, 0.6) is 0 Å². The van der Waals surface area contributed by atoms with Gasteiger partial charge < -0.3 is 9.84 Å². The van der Waals surface area contributed by atoms with Crippen LogP contribution in [0.1, 0.15) is 31.6 Å². The van der Waals surface area contributed by atoms with Crippen molar-refractivity contribution in [3.63, 3.8) is 0 Å². The number of aromatic nitrogens is 2. The maximum atomic E-state index is 13.8. The van der Waals surface area contributed by atoms with E-state index >= 15 is 0 Å². The predicted octanol–water partition coefficient (Wildman–Crippen LogP) is 4.36. The molecule has 31 heavy (non-hydrogen) atoms. The number of amides is 1. The molecule has 2 atom stereocenters. The summed E-state index contributed by atoms with van der Waals surface area (Å²) in [7, 11) is 0. The summed E-state index contributed by atoms with van der Waals surface area (Å²) in [4.78, 5) is 19.0. The summed E-state index contributed by atoms with van der Waals surface area (Å²) in [6, 6.07) is 8.28. The van der Waals surface area contributed by atoms with E-state index in [-0.39, 0.29) is 17.4 Å². The fraction of sp³-hybridized carbons (Fsp3) is 0.318. The predicted molar refractivity (Wildman–Crippen MR) is 108 cm³/mol. The molecule has 0 radical (unpaired) electrons. The number of nitrogens with zero attached hydrogens (tertiary/aromatic N) is 3. The number of halogens is 3. The van der Waals surface area contributed by atoms with E-state index in [1.165, 1.54) is 12.1 Å². The van der Waals surface area contributed by atoms with Gasteiger partial charge in [-0.2, -0.15) is 4.98 Å². The summed E-state index contributed by atoms with van der Waals surface area (Å²) in [5.41, 5.74) is 0.328. The molecule has 0 aliphatic carbocycles. The van der Waals surface area contributed by atoms with Gasteiger partial charge in [0.1, 0.15) is 17.5 Å². The molecule has 1 N–H and O–H groups in total. The molecule has 2 heterocycles. The maximum Gasteiger partial charge on any atom is 0.241 e. The van der Waals surface area contributed by atoms with Gasteiger partial charge in [0.25, 0.3) is 0 Å². The third-order valence-corrected chi connectivity index (χ3v) is 5.44. The van der Waals surface area contributed by atoms with E-state index in [2.05, 4.69) is 15.5 Å². The number of carbonyl (C=O) groups is 1. The minimum Gasteiger partial charge on any atom is -0.339 e. The molecule has 6 nitrogen and oxygen atoms in total. The van der Waals surface area contributed by atoms with Gasteiger partial charge in [-0.15, -0.1) is 0 Å². The Labute approximate surface area is 177 Å². The first-order valence-corrected chi connectivity index (χ1v) is 10.00. The molecule has 1 aromatic heterocycles. The summed E-state index contributed by atoms with van der Waals surface area (Å²) in [6.07, 6.45) is 1.60. The third kappa shape index (κ3) is 4.77. The van der Waals surface area contributed by atoms with E-state index in [9.17, 15) is 18.0 Å². The van der Waals surface area contributed by atoms with Crippen LogP contribution in [0.15, 0.2) is 47.0 Å². The number of piperidine rings is 1. The minimum absolute atomic E-state index is 0.0929. The molecule has 0 bridgehead atoms. The number of benzene rings is 2. The summed E-state index contributed by atoms with van der Waals surface area (Å²) >= 11 is 0. The second kappa shape index (κ2) is 8.89. The molecule has 3 aromatic rings. The molecule has 2 unspecified atom stereocenters. The molecule has 1 aliphatic rings. The molecule has 1 amide bonds. The van der Waals surface area contributed by atoms with Gasteiger partial charge in [-0.05, 0) is 50.6 Å². The number of nitrogens with one attached hydrogen (secondary N) is 1. The third-order valence-electron chi connectivity index (χ3n) is 5.44. The molecule has 9 heteroatoms. The summed E-state index contributed by atoms with van der Waals surface area (Å²) < 4.78 is 46.1. The van der Waals surface area contributed by atoms with Gasteiger partial charge in [0.2, 0.25) is 17.6 Å². The molecular weight excluding hydrogens is 409 g/mol. The van der Waals surface area contributed by atoms with E-state index < -0.39 is 23.6 Å². The van der Waals surface area contributed by atoms with Crippen molar-refractivity contribution in [2.24, 2.45) is 0 Å². The summed E-state index contributed by atoms with van der Waals surface area (Å²) in [5.74, 6) is -1.52. The first kappa shape index (κ1) is 21.0. The Morgan fingerprint density at radius 3 is 2.81 bits per heavy atom. The fourth-order valence-electron chi connectivity index (χ4n) is 3.70. The van der Waals surface area contributed by atoms with Gasteiger partial charge in [-0.25, -0.2) is 13.2 Å². The van der Waals surface area contributed by atoms with Crippen molar-refractivity contribution in [2.75, 3.05) is 18.4 Å². The lowest BCUT2D eigenvalue weighted by Gasteiger charge is -2.34. The molecular formula is C22H21F3N4O2. The number of rotatable bonds is 5. The minimum atomic E-state index is -0.700. The van der Waals surface area contributed by atoms with Gasteiger partial charge in [-0.3, -0.25) is 9.69 Å². The van der Waals surface area contributed by atoms with Crippen molar-refractivity contribution in [1.82, 2.24) is 15.0 Å². The van der Waals surface area contributed by atoms with Crippen LogP contribution in [-0.4, -0.2) is 40.1 Å². The molecule has 1 saturated heterocycles. The quantitative estimate of drug-likeness (QED) is 0.651. The highest BCUT2D eigenvalue weighted by molar-refractivity contribution is 5.94. The number of likely N-dealkylation sites (tertiary alicyclic amines) is 1. The van der Waals surface area contributed by atoms with Gasteiger partial charge in [0.05, 0.1) is 17.6 Å². The number of anilines is 1. The lowest BCUT2D eigenvalue weighted by atomic mass is 9.96. The molecule has 0 saturated carbocycles. The highest BCUT2D eigenvalue weighted by atomic mass is 19.1. The first-order chi connectivity index (χ1) is 14.9. The Hall–Kier alpha value is -3.20. The zero-order valence-electron chi connectivity index (χ0n) is 16.8. The van der Waals surface area contributed by atoms with Crippen LogP contribution in [0.3, 0.4) is 0 Å². The molecule has 1 fully saturated rings. The summed E-state index contributed by atoms with van der Waals surface area (Å²) in [6.45, 7) is 2.87. The average molecular weight is 430 g/mol. The number of carbonyl (C=O) groups excluding carboxylic acids is 1. The van der Waals surface area contributed by atoms with Crippen molar-refractivity contribution in [2.45, 2.75) is 31.7 Å². The zero-order chi connectivity index (χ0) is 22.0. The standard InChI is InChI=1S/C22H21F3N4O2/c1-13(21(30)26-19-11-17(24)7-8-18(19)25)29-9-3-5-15(12-29)22-27-20(28-31-22)14-4-2-6-16(23)10-14/h2,4,6-8,10-11,13,15H,3,5,9,12H2,1H3,(H,26,30). The number of hydrogen-bond donors (Lipinski definition) is 1. The molecule has 4 rings (SSSR count). The van der Waals surface area contributed by atoms with Crippen molar-refractivity contribution in [3.05, 3.63) is 65.8 Å². The Kier molecular flexibility index (Phi) is 6.03. The van der Waals surface area contributed by atoms with Gasteiger partial charge in [-0.1, -0.05) is 17.3 Å². The monoisotopic (exact) mass is 430 g/mol. The Morgan fingerprint density at radius 2 is 2.00 bits per heavy atom. The highest BCUT2D eigenvalue weighted by Gasteiger charge is 2.31. The van der Waals surface area contributed by atoms with Crippen LogP contribution in [0, 0.1) is 17.5 Å². The van der Waals surface area contributed by atoms with Crippen molar-refractivity contribution in [1.29, 1.82) is 0 Å². The van der Waals surface area contributed by atoms with Gasteiger partial charge >= 0.3 is 0 Å². The largest absolute Gasteiger partial charge is 0.339 e.